The Hall–Kier alpha value is -0.360. The molecule has 6 heteroatoms. The minimum atomic E-state index is -3.36. The molecule has 3 nitrogen and oxygen atoms in total. The van der Waals surface area contributed by atoms with Crippen LogP contribution in [-0.4, -0.2) is 23.3 Å². The summed E-state index contributed by atoms with van der Waals surface area (Å²) in [5.74, 6) is 0.00336. The van der Waals surface area contributed by atoms with Gasteiger partial charge in [0.25, 0.3) is 0 Å². The van der Waals surface area contributed by atoms with Gasteiger partial charge in [0.05, 0.1) is 5.75 Å². The molecule has 0 rings (SSSR count). The molecule has 0 spiro atoms. The third kappa shape index (κ3) is 5.39. The van der Waals surface area contributed by atoms with Gasteiger partial charge in [0.15, 0.2) is 0 Å². The molecule has 0 aromatic rings. The van der Waals surface area contributed by atoms with E-state index in [0.29, 0.717) is 5.75 Å². The van der Waals surface area contributed by atoms with E-state index in [9.17, 15) is 13.6 Å². The maximum absolute atomic E-state index is 12.8. The van der Waals surface area contributed by atoms with Gasteiger partial charge in [0.1, 0.15) is 0 Å². The first kappa shape index (κ1) is 13.6. The maximum atomic E-state index is 12.8. The van der Waals surface area contributed by atoms with E-state index in [1.807, 2.05) is 6.92 Å². The monoisotopic (exact) mass is 226 g/mol. The highest BCUT2D eigenvalue weighted by Gasteiger charge is 2.37. The van der Waals surface area contributed by atoms with E-state index in [0.717, 1.165) is 31.0 Å². The van der Waals surface area contributed by atoms with Crippen molar-refractivity contribution in [2.45, 2.75) is 32.1 Å². The van der Waals surface area contributed by atoms with Crippen LogP contribution in [-0.2, 0) is 4.79 Å². The van der Waals surface area contributed by atoms with Crippen molar-refractivity contribution in [1.82, 2.24) is 5.43 Å². The highest BCUT2D eigenvalue weighted by atomic mass is 32.2. The van der Waals surface area contributed by atoms with Crippen molar-refractivity contribution in [1.29, 1.82) is 0 Å². The highest BCUT2D eigenvalue weighted by molar-refractivity contribution is 7.99. The Morgan fingerprint density at radius 1 is 1.50 bits per heavy atom. The Morgan fingerprint density at radius 2 is 2.14 bits per heavy atom. The Morgan fingerprint density at radius 3 is 2.64 bits per heavy atom. The molecule has 0 radical (unpaired) electrons. The van der Waals surface area contributed by atoms with Crippen molar-refractivity contribution >= 4 is 17.7 Å². The lowest BCUT2D eigenvalue weighted by Gasteiger charge is -2.13. The van der Waals surface area contributed by atoms with Gasteiger partial charge in [-0.25, -0.2) is 5.84 Å². The van der Waals surface area contributed by atoms with Crippen molar-refractivity contribution < 1.29 is 13.6 Å². The van der Waals surface area contributed by atoms with Crippen molar-refractivity contribution in [3.8, 4) is 0 Å². The molecule has 0 unspecified atom stereocenters. The first-order valence-corrected chi connectivity index (χ1v) is 5.66. The number of carbonyl (C=O) groups is 1. The maximum Gasteiger partial charge on any atom is 0.334 e. The molecule has 0 aliphatic rings. The molecule has 3 N–H and O–H groups in total. The van der Waals surface area contributed by atoms with Gasteiger partial charge in [0, 0.05) is 0 Å². The summed E-state index contributed by atoms with van der Waals surface area (Å²) in [6.45, 7) is 2.04. The lowest BCUT2D eigenvalue weighted by atomic mass is 10.3. The van der Waals surface area contributed by atoms with Gasteiger partial charge < -0.3 is 0 Å². The number of unbranched alkanes of at least 4 members (excludes halogenated alkanes) is 2. The molecule has 0 saturated carbocycles. The summed E-state index contributed by atoms with van der Waals surface area (Å²) in [5, 5.41) is 0. The van der Waals surface area contributed by atoms with Crippen LogP contribution in [0.5, 0.6) is 0 Å². The summed E-state index contributed by atoms with van der Waals surface area (Å²) in [5.41, 5.74) is 1.46. The summed E-state index contributed by atoms with van der Waals surface area (Å²) in [4.78, 5) is 10.6. The number of nitrogens with two attached hydrogens (primary N) is 1. The van der Waals surface area contributed by atoms with Crippen LogP contribution >= 0.6 is 11.8 Å². The Bertz CT molecular complexity index is 179. The zero-order valence-electron chi connectivity index (χ0n) is 8.19. The zero-order chi connectivity index (χ0) is 11.0. The SMILES string of the molecule is CCCCCSCC(F)(F)C(=O)NN. The van der Waals surface area contributed by atoms with Crippen molar-refractivity contribution in [3.63, 3.8) is 0 Å². The summed E-state index contributed by atoms with van der Waals surface area (Å²) < 4.78 is 25.6. The lowest BCUT2D eigenvalue weighted by molar-refractivity contribution is -0.142. The summed E-state index contributed by atoms with van der Waals surface area (Å²) in [7, 11) is 0. The molecule has 0 aromatic heterocycles. The molecule has 1 amide bonds. The highest BCUT2D eigenvalue weighted by Crippen LogP contribution is 2.20. The number of hydrogen-bond acceptors (Lipinski definition) is 3. The lowest BCUT2D eigenvalue weighted by Crippen LogP contribution is -2.45. The molecule has 84 valence electrons. The molecule has 0 aliphatic carbocycles. The predicted molar refractivity (Wildman–Crippen MR) is 54.1 cm³/mol. The van der Waals surface area contributed by atoms with Crippen LogP contribution in [0.25, 0.3) is 0 Å². The van der Waals surface area contributed by atoms with Gasteiger partial charge in [-0.3, -0.25) is 10.2 Å². The number of halogens is 2. The Kier molecular flexibility index (Phi) is 6.82. The number of amides is 1. The van der Waals surface area contributed by atoms with Crippen LogP contribution in [0.4, 0.5) is 8.78 Å². The number of hydrogen-bond donors (Lipinski definition) is 2. The van der Waals surface area contributed by atoms with Gasteiger partial charge >= 0.3 is 11.8 Å². The third-order valence-electron chi connectivity index (χ3n) is 1.64. The smallest absolute Gasteiger partial charge is 0.289 e. The van der Waals surface area contributed by atoms with Crippen LogP contribution in [0.3, 0.4) is 0 Å². The second-order valence-electron chi connectivity index (χ2n) is 2.94. The van der Waals surface area contributed by atoms with Gasteiger partial charge in [-0.2, -0.15) is 20.5 Å². The zero-order valence-corrected chi connectivity index (χ0v) is 9.00. The standard InChI is InChI=1S/C8H16F2N2OS/c1-2-3-4-5-14-6-8(9,10)7(13)12-11/h2-6,11H2,1H3,(H,12,13). The van der Waals surface area contributed by atoms with Gasteiger partial charge in [-0.1, -0.05) is 19.8 Å². The van der Waals surface area contributed by atoms with Crippen LogP contribution < -0.4 is 11.3 Å². The van der Waals surface area contributed by atoms with E-state index in [2.05, 4.69) is 5.84 Å². The number of hydrazine groups is 1. The van der Waals surface area contributed by atoms with Crippen molar-refractivity contribution in [2.24, 2.45) is 5.84 Å². The number of nitrogens with one attached hydrogen (secondary N) is 1. The van der Waals surface area contributed by atoms with Crippen LogP contribution in [0.15, 0.2) is 0 Å². The van der Waals surface area contributed by atoms with Crippen LogP contribution in [0.1, 0.15) is 26.2 Å². The molecule has 0 saturated heterocycles. The van der Waals surface area contributed by atoms with Gasteiger partial charge in [-0.05, 0) is 12.2 Å². The average molecular weight is 226 g/mol. The van der Waals surface area contributed by atoms with Crippen molar-refractivity contribution in [2.75, 3.05) is 11.5 Å². The van der Waals surface area contributed by atoms with Crippen LogP contribution in [0.2, 0.25) is 0 Å². The fourth-order valence-electron chi connectivity index (χ4n) is 0.826. The van der Waals surface area contributed by atoms with Gasteiger partial charge in [-0.15, -0.1) is 0 Å². The molecular weight excluding hydrogens is 210 g/mol. The number of thioether (sulfide) groups is 1. The summed E-state index contributed by atoms with van der Waals surface area (Å²) in [6, 6.07) is 0. The molecule has 0 aromatic carbocycles. The first-order valence-electron chi connectivity index (χ1n) is 4.51. The van der Waals surface area contributed by atoms with Crippen molar-refractivity contribution in [3.05, 3.63) is 0 Å². The van der Waals surface area contributed by atoms with E-state index in [4.69, 9.17) is 0 Å². The molecule has 14 heavy (non-hydrogen) atoms. The van der Waals surface area contributed by atoms with Crippen LogP contribution in [0, 0.1) is 0 Å². The second-order valence-corrected chi connectivity index (χ2v) is 4.04. The molecule has 0 fully saturated rings. The predicted octanol–water partition coefficient (Wildman–Crippen LogP) is 1.53. The van der Waals surface area contributed by atoms with E-state index in [1.165, 1.54) is 5.43 Å². The Balaban J connectivity index is 3.60. The molecule has 0 aliphatic heterocycles. The van der Waals surface area contributed by atoms with E-state index >= 15 is 0 Å². The molecule has 0 atom stereocenters. The molecule has 0 heterocycles. The first-order chi connectivity index (χ1) is 6.54. The summed E-state index contributed by atoms with van der Waals surface area (Å²) in [6.07, 6.45) is 2.99. The third-order valence-corrected chi connectivity index (χ3v) is 2.78. The summed E-state index contributed by atoms with van der Waals surface area (Å²) >= 11 is 1.08. The molecule has 0 bridgehead atoms. The Labute approximate surface area is 86.8 Å². The second kappa shape index (κ2) is 7.00. The minimum absolute atomic E-state index is 0.500. The van der Waals surface area contributed by atoms with E-state index in [1.54, 1.807) is 0 Å². The van der Waals surface area contributed by atoms with E-state index < -0.39 is 17.6 Å². The fraction of sp³-hybridized carbons (Fsp3) is 0.875. The quantitative estimate of drug-likeness (QED) is 0.299. The van der Waals surface area contributed by atoms with Gasteiger partial charge in [0.2, 0.25) is 0 Å². The average Bonchev–Trinajstić information content (AvgIpc) is 2.16. The fourth-order valence-corrected chi connectivity index (χ4v) is 1.77. The number of carbonyl (C=O) groups excluding carboxylic acids is 1. The molecular formula is C8H16F2N2OS. The van der Waals surface area contributed by atoms with E-state index in [-0.39, 0.29) is 0 Å². The largest absolute Gasteiger partial charge is 0.334 e. The minimum Gasteiger partial charge on any atom is -0.289 e. The normalized spacial score (nSPS) is 11.4. The topological polar surface area (TPSA) is 55.1 Å². The number of alkyl halides is 2. The number of rotatable bonds is 7.